The van der Waals surface area contributed by atoms with Crippen LogP contribution in [0.15, 0.2) is 29.4 Å². The molecule has 4 nitrogen and oxygen atoms in total. The molecule has 1 aliphatic rings. The molecule has 3 rings (SSSR count). The summed E-state index contributed by atoms with van der Waals surface area (Å²) in [6.45, 7) is 1.74. The van der Waals surface area contributed by atoms with Crippen molar-refractivity contribution in [2.24, 2.45) is 0 Å². The van der Waals surface area contributed by atoms with Crippen LogP contribution in [0.4, 0.5) is 5.69 Å². The van der Waals surface area contributed by atoms with Crippen molar-refractivity contribution in [3.63, 3.8) is 0 Å². The van der Waals surface area contributed by atoms with Gasteiger partial charge in [0.25, 0.3) is 0 Å². The molecular formula is C14H18N4S. The average molecular weight is 274 g/mol. The van der Waals surface area contributed by atoms with Crippen LogP contribution >= 0.6 is 11.3 Å². The summed E-state index contributed by atoms with van der Waals surface area (Å²) >= 11 is 1.64. The first-order chi connectivity index (χ1) is 9.33. The minimum absolute atomic E-state index is 0.719. The Hall–Kier alpha value is -1.46. The number of rotatable bonds is 6. The lowest BCUT2D eigenvalue weighted by Crippen LogP contribution is -2.22. The van der Waals surface area contributed by atoms with Crippen LogP contribution in [0.5, 0.6) is 0 Å². The van der Waals surface area contributed by atoms with Crippen molar-refractivity contribution in [3.05, 3.63) is 40.6 Å². The van der Waals surface area contributed by atoms with Crippen LogP contribution in [0.2, 0.25) is 0 Å². The predicted octanol–water partition coefficient (Wildman–Crippen LogP) is 2.43. The van der Waals surface area contributed by atoms with Crippen molar-refractivity contribution in [1.82, 2.24) is 15.3 Å². The zero-order chi connectivity index (χ0) is 13.1. The molecule has 19 heavy (non-hydrogen) atoms. The summed E-state index contributed by atoms with van der Waals surface area (Å²) in [5.41, 5.74) is 5.49. The van der Waals surface area contributed by atoms with Gasteiger partial charge in [0, 0.05) is 48.7 Å². The Bertz CT molecular complexity index is 522. The SMILES string of the molecule is CN(Cc1cscn1)c1ccncc1CNC1CC1. The van der Waals surface area contributed by atoms with E-state index in [2.05, 4.69) is 38.7 Å². The van der Waals surface area contributed by atoms with E-state index in [0.717, 1.165) is 24.8 Å². The maximum Gasteiger partial charge on any atom is 0.0795 e. The number of pyridine rings is 1. The molecule has 0 aliphatic heterocycles. The number of nitrogens with zero attached hydrogens (tertiary/aromatic N) is 3. The van der Waals surface area contributed by atoms with Crippen LogP contribution < -0.4 is 10.2 Å². The van der Waals surface area contributed by atoms with Gasteiger partial charge in [-0.15, -0.1) is 11.3 Å². The number of hydrogen-bond acceptors (Lipinski definition) is 5. The molecule has 0 unspecified atom stereocenters. The van der Waals surface area contributed by atoms with E-state index in [1.54, 1.807) is 11.3 Å². The molecule has 2 heterocycles. The Kier molecular flexibility index (Phi) is 3.75. The van der Waals surface area contributed by atoms with E-state index in [1.807, 2.05) is 17.9 Å². The first kappa shape index (κ1) is 12.6. The topological polar surface area (TPSA) is 41.1 Å². The van der Waals surface area contributed by atoms with E-state index in [4.69, 9.17) is 0 Å². The standard InChI is InChI=1S/C14H18N4S/c1-18(8-13-9-19-10-17-13)14-4-5-15-6-11(14)7-16-12-2-3-12/h4-6,9-10,12,16H,2-3,7-8H2,1H3. The lowest BCUT2D eigenvalue weighted by Gasteiger charge is -2.21. The molecule has 1 aliphatic carbocycles. The van der Waals surface area contributed by atoms with Crippen molar-refractivity contribution >= 4 is 17.0 Å². The van der Waals surface area contributed by atoms with Gasteiger partial charge in [-0.1, -0.05) is 0 Å². The van der Waals surface area contributed by atoms with Crippen LogP contribution in [0.25, 0.3) is 0 Å². The molecule has 1 N–H and O–H groups in total. The van der Waals surface area contributed by atoms with E-state index in [0.29, 0.717) is 0 Å². The van der Waals surface area contributed by atoms with Gasteiger partial charge in [0.1, 0.15) is 0 Å². The van der Waals surface area contributed by atoms with Crippen molar-refractivity contribution in [2.75, 3.05) is 11.9 Å². The van der Waals surface area contributed by atoms with Gasteiger partial charge in [0.15, 0.2) is 0 Å². The van der Waals surface area contributed by atoms with Crippen LogP contribution in [0.1, 0.15) is 24.1 Å². The Morgan fingerprint density at radius 1 is 1.47 bits per heavy atom. The molecule has 1 fully saturated rings. The molecule has 0 radical (unpaired) electrons. The summed E-state index contributed by atoms with van der Waals surface area (Å²) in [5.74, 6) is 0. The van der Waals surface area contributed by atoms with Gasteiger partial charge in [-0.2, -0.15) is 0 Å². The zero-order valence-electron chi connectivity index (χ0n) is 11.0. The Labute approximate surface area is 117 Å². The third-order valence-corrected chi connectivity index (χ3v) is 3.97. The molecule has 0 aromatic carbocycles. The largest absolute Gasteiger partial charge is 0.368 e. The second kappa shape index (κ2) is 5.67. The van der Waals surface area contributed by atoms with Gasteiger partial charge in [-0.05, 0) is 18.9 Å². The summed E-state index contributed by atoms with van der Waals surface area (Å²) in [5, 5.41) is 5.64. The first-order valence-corrected chi connectivity index (χ1v) is 7.51. The van der Waals surface area contributed by atoms with Gasteiger partial charge in [0.05, 0.1) is 17.7 Å². The fourth-order valence-electron chi connectivity index (χ4n) is 2.11. The molecule has 0 atom stereocenters. The normalized spacial score (nSPS) is 14.6. The van der Waals surface area contributed by atoms with Crippen LogP contribution in [0, 0.1) is 0 Å². The average Bonchev–Trinajstić information content (AvgIpc) is 3.13. The number of hydrogen-bond donors (Lipinski definition) is 1. The molecule has 2 aromatic rings. The molecule has 0 saturated heterocycles. The quantitative estimate of drug-likeness (QED) is 0.878. The van der Waals surface area contributed by atoms with Crippen molar-refractivity contribution in [2.45, 2.75) is 32.0 Å². The molecule has 5 heteroatoms. The maximum atomic E-state index is 4.34. The Morgan fingerprint density at radius 3 is 3.11 bits per heavy atom. The van der Waals surface area contributed by atoms with Crippen molar-refractivity contribution < 1.29 is 0 Å². The lowest BCUT2D eigenvalue weighted by molar-refractivity contribution is 0.683. The predicted molar refractivity (Wildman–Crippen MR) is 78.3 cm³/mol. The first-order valence-electron chi connectivity index (χ1n) is 6.57. The fraction of sp³-hybridized carbons (Fsp3) is 0.429. The minimum Gasteiger partial charge on any atom is -0.368 e. The molecule has 0 amide bonds. The van der Waals surface area contributed by atoms with Crippen molar-refractivity contribution in [3.8, 4) is 0 Å². The summed E-state index contributed by atoms with van der Waals surface area (Å²) < 4.78 is 0. The van der Waals surface area contributed by atoms with E-state index >= 15 is 0 Å². The fourth-order valence-corrected chi connectivity index (χ4v) is 2.66. The van der Waals surface area contributed by atoms with E-state index in [-0.39, 0.29) is 0 Å². The summed E-state index contributed by atoms with van der Waals surface area (Å²) in [7, 11) is 2.11. The van der Waals surface area contributed by atoms with Crippen molar-refractivity contribution in [1.29, 1.82) is 0 Å². The van der Waals surface area contributed by atoms with Gasteiger partial charge >= 0.3 is 0 Å². The second-order valence-corrected chi connectivity index (χ2v) is 5.71. The van der Waals surface area contributed by atoms with E-state index < -0.39 is 0 Å². The minimum atomic E-state index is 0.719. The lowest BCUT2D eigenvalue weighted by atomic mass is 10.2. The van der Waals surface area contributed by atoms with Crippen LogP contribution in [0.3, 0.4) is 0 Å². The number of thiazole rings is 1. The zero-order valence-corrected chi connectivity index (χ0v) is 11.9. The molecule has 0 bridgehead atoms. The van der Waals surface area contributed by atoms with Gasteiger partial charge in [-0.3, -0.25) is 4.98 Å². The van der Waals surface area contributed by atoms with Gasteiger partial charge < -0.3 is 10.2 Å². The highest BCUT2D eigenvalue weighted by Crippen LogP contribution is 2.23. The number of nitrogens with one attached hydrogen (secondary N) is 1. The maximum absolute atomic E-state index is 4.34. The monoisotopic (exact) mass is 274 g/mol. The molecule has 0 spiro atoms. The van der Waals surface area contributed by atoms with E-state index in [1.165, 1.54) is 24.1 Å². The summed E-state index contributed by atoms with van der Waals surface area (Å²) in [6, 6.07) is 2.80. The Morgan fingerprint density at radius 2 is 2.37 bits per heavy atom. The van der Waals surface area contributed by atoms with Gasteiger partial charge in [0.2, 0.25) is 0 Å². The highest BCUT2D eigenvalue weighted by molar-refractivity contribution is 7.07. The Balaban J connectivity index is 1.70. The smallest absolute Gasteiger partial charge is 0.0795 e. The third-order valence-electron chi connectivity index (χ3n) is 3.33. The van der Waals surface area contributed by atoms with Gasteiger partial charge in [-0.25, -0.2) is 4.98 Å². The highest BCUT2D eigenvalue weighted by atomic mass is 32.1. The molecule has 100 valence electrons. The third kappa shape index (κ3) is 3.30. The van der Waals surface area contributed by atoms with E-state index in [9.17, 15) is 0 Å². The van der Waals surface area contributed by atoms with Crippen LogP contribution in [-0.4, -0.2) is 23.1 Å². The summed E-state index contributed by atoms with van der Waals surface area (Å²) in [4.78, 5) is 10.8. The number of aromatic nitrogens is 2. The molecular weight excluding hydrogens is 256 g/mol. The summed E-state index contributed by atoms with van der Waals surface area (Å²) in [6.07, 6.45) is 6.43. The second-order valence-electron chi connectivity index (χ2n) is 5.00. The molecule has 2 aromatic heterocycles. The highest BCUT2D eigenvalue weighted by Gasteiger charge is 2.20. The van der Waals surface area contributed by atoms with Crippen LogP contribution in [-0.2, 0) is 13.1 Å². The number of anilines is 1. The molecule has 1 saturated carbocycles.